The Kier molecular flexibility index (Phi) is 3.72. The molecule has 0 amide bonds. The highest BCUT2D eigenvalue weighted by molar-refractivity contribution is 7.03. The Morgan fingerprint density at radius 3 is 2.82 bits per heavy atom. The highest BCUT2D eigenvalue weighted by Gasteiger charge is 2.15. The van der Waals surface area contributed by atoms with Crippen LogP contribution in [0, 0.1) is 11.6 Å². The number of rotatable bonds is 4. The lowest BCUT2D eigenvalue weighted by atomic mass is 10.0. The van der Waals surface area contributed by atoms with Gasteiger partial charge < -0.3 is 0 Å². The van der Waals surface area contributed by atoms with Crippen LogP contribution in [0.5, 0.6) is 0 Å². The Morgan fingerprint density at radius 1 is 1.41 bits per heavy atom. The molecule has 7 heteroatoms. The number of hydrazine groups is 1. The maximum Gasteiger partial charge on any atom is 0.129 e. The van der Waals surface area contributed by atoms with Crippen LogP contribution in [0.4, 0.5) is 8.78 Å². The standard InChI is InChI=1S/C10H10F2N4S/c11-7-2-1-6(8(12)4-7)3-9(14-13)10-5-17-16-15-10/h1-2,4-5,9,14H,3,13H2. The van der Waals surface area contributed by atoms with Gasteiger partial charge >= 0.3 is 0 Å². The van der Waals surface area contributed by atoms with Crippen molar-refractivity contribution in [3.8, 4) is 0 Å². The molecular formula is C10H10F2N4S. The van der Waals surface area contributed by atoms with Gasteiger partial charge in [0.15, 0.2) is 0 Å². The van der Waals surface area contributed by atoms with Gasteiger partial charge in [0.25, 0.3) is 0 Å². The van der Waals surface area contributed by atoms with Gasteiger partial charge in [-0.1, -0.05) is 10.6 Å². The summed E-state index contributed by atoms with van der Waals surface area (Å²) in [7, 11) is 0. The van der Waals surface area contributed by atoms with Crippen molar-refractivity contribution in [1.82, 2.24) is 15.0 Å². The first kappa shape index (κ1) is 12.0. The quantitative estimate of drug-likeness (QED) is 0.643. The molecule has 2 aromatic rings. The minimum Gasteiger partial charge on any atom is -0.271 e. The van der Waals surface area contributed by atoms with Crippen LogP contribution in [0.25, 0.3) is 0 Å². The molecule has 0 aliphatic carbocycles. The van der Waals surface area contributed by atoms with Gasteiger partial charge in [-0.2, -0.15) is 0 Å². The van der Waals surface area contributed by atoms with Crippen LogP contribution in [0.15, 0.2) is 23.6 Å². The van der Waals surface area contributed by atoms with E-state index in [1.165, 1.54) is 23.7 Å². The van der Waals surface area contributed by atoms with Gasteiger partial charge in [0.2, 0.25) is 0 Å². The fourth-order valence-electron chi connectivity index (χ4n) is 1.48. The molecule has 17 heavy (non-hydrogen) atoms. The molecule has 0 aliphatic heterocycles. The first-order valence-electron chi connectivity index (χ1n) is 4.87. The largest absolute Gasteiger partial charge is 0.271 e. The monoisotopic (exact) mass is 256 g/mol. The number of hydrogen-bond acceptors (Lipinski definition) is 5. The van der Waals surface area contributed by atoms with E-state index in [2.05, 4.69) is 15.0 Å². The molecule has 1 unspecified atom stereocenters. The van der Waals surface area contributed by atoms with Gasteiger partial charge in [-0.3, -0.25) is 11.3 Å². The van der Waals surface area contributed by atoms with E-state index < -0.39 is 11.6 Å². The molecule has 4 nitrogen and oxygen atoms in total. The first-order valence-corrected chi connectivity index (χ1v) is 5.71. The number of nitrogens with zero attached hydrogens (tertiary/aromatic N) is 2. The van der Waals surface area contributed by atoms with Gasteiger partial charge in [0, 0.05) is 11.4 Å². The summed E-state index contributed by atoms with van der Waals surface area (Å²) in [5.74, 6) is 4.19. The molecule has 1 atom stereocenters. The molecule has 0 aliphatic rings. The third-order valence-electron chi connectivity index (χ3n) is 2.37. The SMILES string of the molecule is NNC(Cc1ccc(F)cc1F)c1csnn1. The second kappa shape index (κ2) is 5.26. The molecule has 0 fully saturated rings. The Balaban J connectivity index is 2.19. The summed E-state index contributed by atoms with van der Waals surface area (Å²) in [4.78, 5) is 0. The molecule has 2 rings (SSSR count). The smallest absolute Gasteiger partial charge is 0.129 e. The normalized spacial score (nSPS) is 12.6. The van der Waals surface area contributed by atoms with E-state index in [1.807, 2.05) is 0 Å². The van der Waals surface area contributed by atoms with Crippen LogP contribution in [0.2, 0.25) is 0 Å². The maximum atomic E-state index is 13.4. The van der Waals surface area contributed by atoms with Gasteiger partial charge in [-0.15, -0.1) is 5.10 Å². The summed E-state index contributed by atoms with van der Waals surface area (Å²) in [6.07, 6.45) is 0.286. The van der Waals surface area contributed by atoms with E-state index in [0.29, 0.717) is 11.3 Å². The summed E-state index contributed by atoms with van der Waals surface area (Å²) >= 11 is 1.19. The molecule has 0 saturated carbocycles. The summed E-state index contributed by atoms with van der Waals surface area (Å²) in [6.45, 7) is 0. The number of benzene rings is 1. The van der Waals surface area contributed by atoms with E-state index in [1.54, 1.807) is 5.38 Å². The van der Waals surface area contributed by atoms with Gasteiger partial charge in [0.1, 0.15) is 11.6 Å². The van der Waals surface area contributed by atoms with Gasteiger partial charge in [-0.05, 0) is 29.6 Å². The van der Waals surface area contributed by atoms with Crippen LogP contribution < -0.4 is 11.3 Å². The van der Waals surface area contributed by atoms with E-state index in [4.69, 9.17) is 5.84 Å². The van der Waals surface area contributed by atoms with E-state index in [-0.39, 0.29) is 12.5 Å². The van der Waals surface area contributed by atoms with Gasteiger partial charge in [-0.25, -0.2) is 8.78 Å². The van der Waals surface area contributed by atoms with Crippen LogP contribution in [-0.4, -0.2) is 9.59 Å². The van der Waals surface area contributed by atoms with Crippen LogP contribution in [0.1, 0.15) is 17.3 Å². The lowest BCUT2D eigenvalue weighted by Gasteiger charge is -2.13. The predicted molar refractivity (Wildman–Crippen MR) is 60.0 cm³/mol. The number of nitrogens with two attached hydrogens (primary N) is 1. The van der Waals surface area contributed by atoms with Crippen molar-refractivity contribution in [2.75, 3.05) is 0 Å². The molecular weight excluding hydrogens is 246 g/mol. The number of aromatic nitrogens is 2. The third-order valence-corrected chi connectivity index (χ3v) is 2.90. The van der Waals surface area contributed by atoms with E-state index >= 15 is 0 Å². The predicted octanol–water partition coefficient (Wildman–Crippen LogP) is 1.56. The molecule has 1 aromatic carbocycles. The van der Waals surface area contributed by atoms with Crippen molar-refractivity contribution in [2.45, 2.75) is 12.5 Å². The van der Waals surface area contributed by atoms with Crippen LogP contribution >= 0.6 is 11.5 Å². The highest BCUT2D eigenvalue weighted by atomic mass is 32.1. The summed E-state index contributed by atoms with van der Waals surface area (Å²) < 4.78 is 29.9. The molecule has 90 valence electrons. The molecule has 1 aromatic heterocycles. The fraction of sp³-hybridized carbons (Fsp3) is 0.200. The van der Waals surface area contributed by atoms with Crippen molar-refractivity contribution in [3.63, 3.8) is 0 Å². The molecule has 0 radical (unpaired) electrons. The topological polar surface area (TPSA) is 63.8 Å². The zero-order chi connectivity index (χ0) is 12.3. The number of halogens is 2. The second-order valence-corrected chi connectivity index (χ2v) is 4.10. The molecule has 3 N–H and O–H groups in total. The zero-order valence-electron chi connectivity index (χ0n) is 8.73. The van der Waals surface area contributed by atoms with E-state index in [9.17, 15) is 8.78 Å². The van der Waals surface area contributed by atoms with Crippen molar-refractivity contribution < 1.29 is 8.78 Å². The minimum absolute atomic E-state index is 0.286. The molecule has 0 spiro atoms. The Hall–Kier alpha value is -1.44. The lowest BCUT2D eigenvalue weighted by molar-refractivity contribution is 0.512. The lowest BCUT2D eigenvalue weighted by Crippen LogP contribution is -2.30. The van der Waals surface area contributed by atoms with Gasteiger partial charge in [0.05, 0.1) is 11.7 Å². The third kappa shape index (κ3) is 2.82. The highest BCUT2D eigenvalue weighted by Crippen LogP contribution is 2.19. The number of nitrogens with one attached hydrogen (secondary N) is 1. The summed E-state index contributed by atoms with van der Waals surface area (Å²) in [5.41, 5.74) is 3.56. The van der Waals surface area contributed by atoms with Crippen LogP contribution in [-0.2, 0) is 6.42 Å². The average molecular weight is 256 g/mol. The minimum atomic E-state index is -0.598. The Labute approximate surface area is 101 Å². The Bertz CT molecular complexity index is 489. The van der Waals surface area contributed by atoms with Crippen molar-refractivity contribution in [1.29, 1.82) is 0 Å². The van der Waals surface area contributed by atoms with Crippen molar-refractivity contribution >= 4 is 11.5 Å². The van der Waals surface area contributed by atoms with Crippen molar-refractivity contribution in [2.24, 2.45) is 5.84 Å². The van der Waals surface area contributed by atoms with Crippen LogP contribution in [0.3, 0.4) is 0 Å². The van der Waals surface area contributed by atoms with E-state index in [0.717, 1.165) is 6.07 Å². The second-order valence-electron chi connectivity index (χ2n) is 3.49. The molecule has 0 saturated heterocycles. The number of hydrogen-bond donors (Lipinski definition) is 2. The Morgan fingerprint density at radius 2 is 2.24 bits per heavy atom. The fourth-order valence-corrected chi connectivity index (χ4v) is 1.99. The average Bonchev–Trinajstić information content (AvgIpc) is 2.81. The molecule has 0 bridgehead atoms. The first-order chi connectivity index (χ1) is 8.20. The summed E-state index contributed by atoms with van der Waals surface area (Å²) in [5, 5.41) is 5.59. The summed E-state index contributed by atoms with van der Waals surface area (Å²) in [6, 6.07) is 3.12. The maximum absolute atomic E-state index is 13.4. The molecule has 1 heterocycles. The van der Waals surface area contributed by atoms with Crippen molar-refractivity contribution in [3.05, 3.63) is 46.5 Å². The zero-order valence-corrected chi connectivity index (χ0v) is 9.55.